The zero-order valence-electron chi connectivity index (χ0n) is 11.4. The van der Waals surface area contributed by atoms with E-state index < -0.39 is 0 Å². The zero-order chi connectivity index (χ0) is 13.4. The van der Waals surface area contributed by atoms with Gasteiger partial charge in [-0.25, -0.2) is 0 Å². The van der Waals surface area contributed by atoms with Crippen molar-refractivity contribution >= 4 is 17.5 Å². The smallest absolute Gasteiger partial charge is 0.257 e. The normalized spacial score (nSPS) is 24.4. The van der Waals surface area contributed by atoms with Crippen molar-refractivity contribution in [2.24, 2.45) is 5.92 Å². The van der Waals surface area contributed by atoms with Gasteiger partial charge in [-0.1, -0.05) is 6.92 Å². The number of hydrogen-bond acceptors (Lipinski definition) is 2. The van der Waals surface area contributed by atoms with Gasteiger partial charge in [0, 0.05) is 18.7 Å². The summed E-state index contributed by atoms with van der Waals surface area (Å²) in [5, 5.41) is 0.0521. The summed E-state index contributed by atoms with van der Waals surface area (Å²) in [6.07, 6.45) is 0.967. The summed E-state index contributed by atoms with van der Waals surface area (Å²) in [6, 6.07) is 0. The number of nitrogens with zero attached hydrogens (tertiary/aromatic N) is 1. The van der Waals surface area contributed by atoms with E-state index in [-0.39, 0.29) is 11.3 Å². The van der Waals surface area contributed by atoms with Crippen LogP contribution in [-0.4, -0.2) is 29.3 Å². The second kappa shape index (κ2) is 4.96. The van der Waals surface area contributed by atoms with Crippen LogP contribution in [0.25, 0.3) is 0 Å². The summed E-state index contributed by atoms with van der Waals surface area (Å²) in [5.74, 6) is 2.06. The standard InChI is InChI=1S/C14H20ClNO2/c1-8-5-6-16(7-12(8)15)14(17)13-9(2)10(3)18-11(13)4/h8,12H,5-7H2,1-4H3. The third-order valence-corrected chi connectivity index (χ3v) is 4.50. The molecule has 0 N–H and O–H groups in total. The fraction of sp³-hybridized carbons (Fsp3) is 0.643. The van der Waals surface area contributed by atoms with Crippen molar-refractivity contribution in [3.8, 4) is 0 Å². The van der Waals surface area contributed by atoms with E-state index in [1.807, 2.05) is 25.7 Å². The predicted molar refractivity (Wildman–Crippen MR) is 72.2 cm³/mol. The summed E-state index contributed by atoms with van der Waals surface area (Å²) >= 11 is 6.26. The molecule has 0 spiro atoms. The number of likely N-dealkylation sites (tertiary alicyclic amines) is 1. The van der Waals surface area contributed by atoms with Crippen LogP contribution in [0.15, 0.2) is 4.42 Å². The van der Waals surface area contributed by atoms with Crippen molar-refractivity contribution in [3.63, 3.8) is 0 Å². The molecule has 1 aliphatic rings. The monoisotopic (exact) mass is 269 g/mol. The largest absolute Gasteiger partial charge is 0.466 e. The number of furan rings is 1. The van der Waals surface area contributed by atoms with E-state index in [4.69, 9.17) is 16.0 Å². The highest BCUT2D eigenvalue weighted by atomic mass is 35.5. The van der Waals surface area contributed by atoms with Crippen LogP contribution in [0.2, 0.25) is 0 Å². The molecule has 1 aliphatic heterocycles. The number of carbonyl (C=O) groups excluding carboxylic acids is 1. The molecule has 0 aliphatic carbocycles. The molecule has 1 fully saturated rings. The second-order valence-electron chi connectivity index (χ2n) is 5.25. The Morgan fingerprint density at radius 1 is 1.33 bits per heavy atom. The Morgan fingerprint density at radius 2 is 2.00 bits per heavy atom. The first-order chi connectivity index (χ1) is 8.41. The summed E-state index contributed by atoms with van der Waals surface area (Å²) in [5.41, 5.74) is 1.66. The van der Waals surface area contributed by atoms with Crippen LogP contribution >= 0.6 is 11.6 Å². The number of piperidine rings is 1. The zero-order valence-corrected chi connectivity index (χ0v) is 12.2. The maximum atomic E-state index is 12.5. The Bertz CT molecular complexity index is 467. The third-order valence-electron chi connectivity index (χ3n) is 3.93. The minimum absolute atomic E-state index is 0.0521. The Labute approximate surface area is 113 Å². The molecule has 2 rings (SSSR count). The van der Waals surface area contributed by atoms with E-state index in [9.17, 15) is 4.79 Å². The molecule has 100 valence electrons. The van der Waals surface area contributed by atoms with Crippen molar-refractivity contribution < 1.29 is 9.21 Å². The molecule has 1 aromatic heterocycles. The van der Waals surface area contributed by atoms with E-state index in [1.165, 1.54) is 0 Å². The Morgan fingerprint density at radius 3 is 2.50 bits per heavy atom. The number of alkyl halides is 1. The average Bonchev–Trinajstić information content (AvgIpc) is 2.56. The minimum Gasteiger partial charge on any atom is -0.466 e. The topological polar surface area (TPSA) is 33.5 Å². The number of halogens is 1. The van der Waals surface area contributed by atoms with Crippen LogP contribution in [0.3, 0.4) is 0 Å². The second-order valence-corrected chi connectivity index (χ2v) is 5.81. The molecule has 0 radical (unpaired) electrons. The van der Waals surface area contributed by atoms with Crippen LogP contribution in [0.5, 0.6) is 0 Å². The molecular weight excluding hydrogens is 250 g/mol. The van der Waals surface area contributed by atoms with E-state index in [0.29, 0.717) is 23.8 Å². The fourth-order valence-corrected chi connectivity index (χ4v) is 2.77. The van der Waals surface area contributed by atoms with Crippen molar-refractivity contribution in [2.75, 3.05) is 13.1 Å². The Balaban J connectivity index is 2.21. The van der Waals surface area contributed by atoms with Gasteiger partial charge < -0.3 is 9.32 Å². The molecule has 0 aromatic carbocycles. The van der Waals surface area contributed by atoms with Gasteiger partial charge in [0.15, 0.2) is 0 Å². The maximum Gasteiger partial charge on any atom is 0.257 e. The van der Waals surface area contributed by atoms with Crippen LogP contribution < -0.4 is 0 Å². The average molecular weight is 270 g/mol. The Hall–Kier alpha value is -0.960. The first-order valence-electron chi connectivity index (χ1n) is 6.41. The highest BCUT2D eigenvalue weighted by molar-refractivity contribution is 6.21. The van der Waals surface area contributed by atoms with Crippen molar-refractivity contribution in [3.05, 3.63) is 22.6 Å². The number of rotatable bonds is 1. The van der Waals surface area contributed by atoms with E-state index >= 15 is 0 Å². The molecule has 3 nitrogen and oxygen atoms in total. The first-order valence-corrected chi connectivity index (χ1v) is 6.85. The molecule has 2 unspecified atom stereocenters. The molecule has 2 heterocycles. The van der Waals surface area contributed by atoms with Gasteiger partial charge in [-0.15, -0.1) is 11.6 Å². The lowest BCUT2D eigenvalue weighted by molar-refractivity contribution is 0.0699. The lowest BCUT2D eigenvalue weighted by Crippen LogP contribution is -2.44. The van der Waals surface area contributed by atoms with E-state index in [1.54, 1.807) is 0 Å². The molecule has 18 heavy (non-hydrogen) atoms. The number of carbonyl (C=O) groups is 1. The highest BCUT2D eigenvalue weighted by Gasteiger charge is 2.30. The van der Waals surface area contributed by atoms with Gasteiger partial charge in [-0.3, -0.25) is 4.79 Å². The molecule has 4 heteroatoms. The third kappa shape index (κ3) is 2.28. The highest BCUT2D eigenvalue weighted by Crippen LogP contribution is 2.26. The minimum atomic E-state index is 0.0521. The fourth-order valence-electron chi connectivity index (χ4n) is 2.47. The van der Waals surface area contributed by atoms with Gasteiger partial charge in [0.1, 0.15) is 11.5 Å². The quantitative estimate of drug-likeness (QED) is 0.733. The lowest BCUT2D eigenvalue weighted by Gasteiger charge is -2.34. The van der Waals surface area contributed by atoms with Gasteiger partial charge in [0.2, 0.25) is 0 Å². The van der Waals surface area contributed by atoms with E-state index in [0.717, 1.165) is 24.3 Å². The van der Waals surface area contributed by atoms with Crippen molar-refractivity contribution in [2.45, 2.75) is 39.5 Å². The van der Waals surface area contributed by atoms with Crippen LogP contribution in [0.1, 0.15) is 40.8 Å². The van der Waals surface area contributed by atoms with Crippen molar-refractivity contribution in [1.82, 2.24) is 4.90 Å². The van der Waals surface area contributed by atoms with Gasteiger partial charge in [0.25, 0.3) is 5.91 Å². The molecule has 1 aromatic rings. The van der Waals surface area contributed by atoms with Gasteiger partial charge in [-0.05, 0) is 33.1 Å². The predicted octanol–water partition coefficient (Wildman–Crippen LogP) is 3.29. The summed E-state index contributed by atoms with van der Waals surface area (Å²) < 4.78 is 5.52. The van der Waals surface area contributed by atoms with E-state index in [2.05, 4.69) is 6.92 Å². The molecule has 2 atom stereocenters. The SMILES string of the molecule is Cc1oc(C)c(C(=O)N2CCC(C)C(Cl)C2)c1C. The summed E-state index contributed by atoms with van der Waals surface area (Å²) in [4.78, 5) is 14.4. The summed E-state index contributed by atoms with van der Waals surface area (Å²) in [6.45, 7) is 9.22. The molecule has 1 saturated heterocycles. The molecular formula is C14H20ClNO2. The van der Waals surface area contributed by atoms with Gasteiger partial charge >= 0.3 is 0 Å². The van der Waals surface area contributed by atoms with Crippen LogP contribution in [0.4, 0.5) is 0 Å². The van der Waals surface area contributed by atoms with Crippen molar-refractivity contribution in [1.29, 1.82) is 0 Å². The molecule has 0 saturated carbocycles. The van der Waals surface area contributed by atoms with Gasteiger partial charge in [-0.2, -0.15) is 0 Å². The first kappa shape index (κ1) is 13.5. The maximum absolute atomic E-state index is 12.5. The number of hydrogen-bond donors (Lipinski definition) is 0. The van der Waals surface area contributed by atoms with Crippen LogP contribution in [0, 0.1) is 26.7 Å². The number of amides is 1. The molecule has 1 amide bonds. The molecule has 0 bridgehead atoms. The Kier molecular flexibility index (Phi) is 3.71. The lowest BCUT2D eigenvalue weighted by atomic mass is 9.97. The van der Waals surface area contributed by atoms with Gasteiger partial charge in [0.05, 0.1) is 10.9 Å². The number of aryl methyl sites for hydroxylation is 2. The summed E-state index contributed by atoms with van der Waals surface area (Å²) in [7, 11) is 0. The van der Waals surface area contributed by atoms with Crippen LogP contribution in [-0.2, 0) is 0 Å².